The molecule has 1 aliphatic rings. The Labute approximate surface area is 122 Å². The van der Waals surface area contributed by atoms with Crippen LogP contribution in [0, 0.1) is 5.92 Å². The SMILES string of the molecule is O=C(c1ccc2ccc3ccc(Cl)cc3c2c1)C1CC1. The van der Waals surface area contributed by atoms with Crippen molar-refractivity contribution in [1.82, 2.24) is 0 Å². The molecule has 4 rings (SSSR count). The quantitative estimate of drug-likeness (QED) is 0.463. The van der Waals surface area contributed by atoms with Crippen LogP contribution >= 0.6 is 11.6 Å². The van der Waals surface area contributed by atoms with Crippen LogP contribution in [0.15, 0.2) is 48.5 Å². The lowest BCUT2D eigenvalue weighted by atomic mass is 9.98. The summed E-state index contributed by atoms with van der Waals surface area (Å²) in [7, 11) is 0. The van der Waals surface area contributed by atoms with E-state index in [1.807, 2.05) is 36.4 Å². The van der Waals surface area contributed by atoms with Crippen LogP contribution < -0.4 is 0 Å². The first-order valence-corrected chi connectivity index (χ1v) is 7.26. The standard InChI is InChI=1S/C18H13ClO/c19-15-8-7-12-2-1-11-3-6-14(18(20)13-4-5-13)9-16(11)17(12)10-15/h1-3,6-10,13H,4-5H2. The van der Waals surface area contributed by atoms with Crippen LogP contribution in [0.1, 0.15) is 23.2 Å². The van der Waals surface area contributed by atoms with Crippen molar-refractivity contribution in [3.05, 3.63) is 59.1 Å². The molecule has 1 fully saturated rings. The van der Waals surface area contributed by atoms with E-state index in [-0.39, 0.29) is 11.7 Å². The van der Waals surface area contributed by atoms with Gasteiger partial charge in [0.05, 0.1) is 0 Å². The molecule has 0 atom stereocenters. The zero-order valence-corrected chi connectivity index (χ0v) is 11.7. The monoisotopic (exact) mass is 280 g/mol. The highest BCUT2D eigenvalue weighted by Gasteiger charge is 2.30. The molecular formula is C18H13ClO. The fraction of sp³-hybridized carbons (Fsp3) is 0.167. The highest BCUT2D eigenvalue weighted by Crippen LogP contribution is 2.34. The highest BCUT2D eigenvalue weighted by molar-refractivity contribution is 6.31. The summed E-state index contributed by atoms with van der Waals surface area (Å²) in [6.45, 7) is 0. The molecule has 0 unspecified atom stereocenters. The second-order valence-electron chi connectivity index (χ2n) is 5.51. The molecule has 1 saturated carbocycles. The lowest BCUT2D eigenvalue weighted by molar-refractivity contribution is 0.0968. The second-order valence-corrected chi connectivity index (χ2v) is 5.94. The van der Waals surface area contributed by atoms with E-state index in [0.717, 1.165) is 45.0 Å². The van der Waals surface area contributed by atoms with E-state index in [4.69, 9.17) is 11.6 Å². The molecule has 1 aliphatic carbocycles. The van der Waals surface area contributed by atoms with Gasteiger partial charge in [0.1, 0.15) is 0 Å². The van der Waals surface area contributed by atoms with Gasteiger partial charge in [0.25, 0.3) is 0 Å². The fourth-order valence-corrected chi connectivity index (χ4v) is 2.93. The van der Waals surface area contributed by atoms with E-state index in [9.17, 15) is 4.79 Å². The molecule has 0 aromatic heterocycles. The molecule has 98 valence electrons. The Morgan fingerprint density at radius 1 is 0.900 bits per heavy atom. The van der Waals surface area contributed by atoms with Gasteiger partial charge < -0.3 is 0 Å². The fourth-order valence-electron chi connectivity index (χ4n) is 2.76. The maximum Gasteiger partial charge on any atom is 0.165 e. The number of carbonyl (C=O) groups excluding carboxylic acids is 1. The Morgan fingerprint density at radius 3 is 2.20 bits per heavy atom. The third-order valence-electron chi connectivity index (χ3n) is 4.03. The Morgan fingerprint density at radius 2 is 1.50 bits per heavy atom. The summed E-state index contributed by atoms with van der Waals surface area (Å²) >= 11 is 6.11. The van der Waals surface area contributed by atoms with Crippen LogP contribution in [-0.4, -0.2) is 5.78 Å². The minimum absolute atomic E-state index is 0.256. The Hall–Kier alpha value is -1.86. The smallest absolute Gasteiger partial charge is 0.165 e. The first kappa shape index (κ1) is 11.9. The minimum Gasteiger partial charge on any atom is -0.294 e. The Bertz CT molecular complexity index is 847. The maximum atomic E-state index is 12.2. The Balaban J connectivity index is 2.00. The maximum absolute atomic E-state index is 12.2. The second kappa shape index (κ2) is 4.32. The van der Waals surface area contributed by atoms with Crippen molar-refractivity contribution in [3.63, 3.8) is 0 Å². The van der Waals surface area contributed by atoms with Gasteiger partial charge in [-0.25, -0.2) is 0 Å². The third kappa shape index (κ3) is 1.90. The van der Waals surface area contributed by atoms with Gasteiger partial charge in [0.2, 0.25) is 0 Å². The van der Waals surface area contributed by atoms with Crippen LogP contribution in [0.25, 0.3) is 21.5 Å². The van der Waals surface area contributed by atoms with Crippen LogP contribution in [0.3, 0.4) is 0 Å². The average Bonchev–Trinajstić information content (AvgIpc) is 3.30. The van der Waals surface area contributed by atoms with E-state index < -0.39 is 0 Å². The molecule has 0 N–H and O–H groups in total. The van der Waals surface area contributed by atoms with Gasteiger partial charge in [0.15, 0.2) is 5.78 Å². The predicted molar refractivity (Wildman–Crippen MR) is 83.5 cm³/mol. The first-order chi connectivity index (χ1) is 9.72. The van der Waals surface area contributed by atoms with Crippen LogP contribution in [0.5, 0.6) is 0 Å². The third-order valence-corrected chi connectivity index (χ3v) is 4.27. The molecule has 0 spiro atoms. The summed E-state index contributed by atoms with van der Waals surface area (Å²) < 4.78 is 0. The van der Waals surface area contributed by atoms with Crippen molar-refractivity contribution >= 4 is 38.9 Å². The largest absolute Gasteiger partial charge is 0.294 e. The summed E-state index contributed by atoms with van der Waals surface area (Å²) in [5.41, 5.74) is 0.826. The van der Waals surface area contributed by atoms with Gasteiger partial charge in [-0.3, -0.25) is 4.79 Å². The van der Waals surface area contributed by atoms with Crippen molar-refractivity contribution in [1.29, 1.82) is 0 Å². The van der Waals surface area contributed by atoms with Crippen LogP contribution in [-0.2, 0) is 0 Å². The molecule has 0 aliphatic heterocycles. The van der Waals surface area contributed by atoms with E-state index in [1.165, 1.54) is 0 Å². The topological polar surface area (TPSA) is 17.1 Å². The van der Waals surface area contributed by atoms with E-state index in [1.54, 1.807) is 0 Å². The molecule has 0 heterocycles. The van der Waals surface area contributed by atoms with Crippen LogP contribution in [0.2, 0.25) is 5.02 Å². The molecule has 20 heavy (non-hydrogen) atoms. The van der Waals surface area contributed by atoms with Crippen LogP contribution in [0.4, 0.5) is 0 Å². The minimum atomic E-state index is 0.256. The number of hydrogen-bond acceptors (Lipinski definition) is 1. The summed E-state index contributed by atoms with van der Waals surface area (Å²) in [5, 5.41) is 5.24. The van der Waals surface area contributed by atoms with E-state index in [2.05, 4.69) is 12.1 Å². The molecule has 2 heteroatoms. The number of halogens is 1. The summed E-state index contributed by atoms with van der Waals surface area (Å²) in [6.07, 6.45) is 2.08. The number of carbonyl (C=O) groups is 1. The molecular weight excluding hydrogens is 268 g/mol. The summed E-state index contributed by atoms with van der Waals surface area (Å²) in [5.74, 6) is 0.539. The average molecular weight is 281 g/mol. The van der Waals surface area contributed by atoms with Gasteiger partial charge in [0, 0.05) is 16.5 Å². The van der Waals surface area contributed by atoms with Crippen molar-refractivity contribution in [2.24, 2.45) is 5.92 Å². The van der Waals surface area contributed by atoms with Crippen molar-refractivity contribution < 1.29 is 4.79 Å². The number of hydrogen-bond donors (Lipinski definition) is 0. The lowest BCUT2D eigenvalue weighted by Crippen LogP contribution is -2.00. The summed E-state index contributed by atoms with van der Waals surface area (Å²) in [4.78, 5) is 12.2. The first-order valence-electron chi connectivity index (χ1n) is 6.89. The van der Waals surface area contributed by atoms with Crippen molar-refractivity contribution in [2.75, 3.05) is 0 Å². The molecule has 3 aromatic carbocycles. The van der Waals surface area contributed by atoms with Gasteiger partial charge in [-0.1, -0.05) is 41.9 Å². The molecule has 0 amide bonds. The molecule has 1 nitrogen and oxygen atoms in total. The number of ketones is 1. The number of benzene rings is 3. The van der Waals surface area contributed by atoms with Gasteiger partial charge >= 0.3 is 0 Å². The zero-order chi connectivity index (χ0) is 13.7. The molecule has 3 aromatic rings. The normalized spacial score (nSPS) is 14.8. The highest BCUT2D eigenvalue weighted by atomic mass is 35.5. The van der Waals surface area contributed by atoms with Gasteiger partial charge in [-0.2, -0.15) is 0 Å². The zero-order valence-electron chi connectivity index (χ0n) is 10.9. The lowest BCUT2D eigenvalue weighted by Gasteiger charge is -2.07. The van der Waals surface area contributed by atoms with E-state index in [0.29, 0.717) is 0 Å². The van der Waals surface area contributed by atoms with Crippen molar-refractivity contribution in [2.45, 2.75) is 12.8 Å². The molecule has 0 saturated heterocycles. The number of Topliss-reactive ketones (excluding diaryl/α,β-unsaturated/α-hetero) is 1. The van der Waals surface area contributed by atoms with Gasteiger partial charge in [-0.15, -0.1) is 0 Å². The van der Waals surface area contributed by atoms with Crippen molar-refractivity contribution in [3.8, 4) is 0 Å². The Kier molecular flexibility index (Phi) is 2.58. The number of rotatable bonds is 2. The molecule has 0 radical (unpaired) electrons. The summed E-state index contributed by atoms with van der Waals surface area (Å²) in [6, 6.07) is 16.1. The predicted octanol–water partition coefficient (Wildman–Crippen LogP) is 5.24. The van der Waals surface area contributed by atoms with Gasteiger partial charge in [-0.05, 0) is 52.6 Å². The molecule has 0 bridgehead atoms. The number of fused-ring (bicyclic) bond motifs is 3. The van der Waals surface area contributed by atoms with E-state index >= 15 is 0 Å².